The van der Waals surface area contributed by atoms with Crippen LogP contribution in [0.3, 0.4) is 0 Å². The molecule has 0 heterocycles. The van der Waals surface area contributed by atoms with Crippen LogP contribution >= 0.6 is 0 Å². The largest absolute Gasteiger partial charge is 0.489 e. The second-order valence-corrected chi connectivity index (χ2v) is 6.38. The molecule has 0 radical (unpaired) electrons. The van der Waals surface area contributed by atoms with Crippen molar-refractivity contribution in [2.24, 2.45) is 0 Å². The van der Waals surface area contributed by atoms with Crippen molar-refractivity contribution >= 4 is 5.91 Å². The van der Waals surface area contributed by atoms with Crippen LogP contribution in [0.4, 0.5) is 13.2 Å². The first-order valence-electron chi connectivity index (χ1n) is 8.76. The molecular weight excluding hydrogens is 383 g/mol. The summed E-state index contributed by atoms with van der Waals surface area (Å²) in [6.45, 7) is -0.0599. The van der Waals surface area contributed by atoms with Crippen LogP contribution in [0.5, 0.6) is 5.75 Å². The lowest BCUT2D eigenvalue weighted by Crippen LogP contribution is -2.27. The van der Waals surface area contributed by atoms with Crippen LogP contribution in [0.25, 0.3) is 0 Å². The van der Waals surface area contributed by atoms with Gasteiger partial charge in [-0.25, -0.2) is 5.48 Å². The standard InChI is InChI=1S/C22H18F3NO3/c23-22(24,25)18-10-4-6-15(12-18)14-29-19-11-5-9-17(13-19)20(21(27)26-28)16-7-2-1-3-8-16/h1-13,20,28H,14H2,(H,26,27). The van der Waals surface area contributed by atoms with Crippen LogP contribution in [-0.4, -0.2) is 11.1 Å². The number of hydrogen-bond donors (Lipinski definition) is 2. The van der Waals surface area contributed by atoms with Gasteiger partial charge in [-0.1, -0.05) is 54.6 Å². The maximum Gasteiger partial charge on any atom is 0.416 e. The minimum atomic E-state index is -4.42. The summed E-state index contributed by atoms with van der Waals surface area (Å²) < 4.78 is 44.2. The Morgan fingerprint density at radius 3 is 2.31 bits per heavy atom. The fraction of sp³-hybridized carbons (Fsp3) is 0.136. The van der Waals surface area contributed by atoms with E-state index in [4.69, 9.17) is 9.94 Å². The summed E-state index contributed by atoms with van der Waals surface area (Å²) in [5.41, 5.74) is 2.56. The molecule has 150 valence electrons. The molecule has 2 N–H and O–H groups in total. The molecule has 3 rings (SSSR count). The smallest absolute Gasteiger partial charge is 0.416 e. The topological polar surface area (TPSA) is 58.6 Å². The molecule has 3 aromatic carbocycles. The Labute approximate surface area is 165 Å². The maximum atomic E-state index is 12.8. The third kappa shape index (κ3) is 5.14. The van der Waals surface area contributed by atoms with Crippen LogP contribution in [0.1, 0.15) is 28.2 Å². The van der Waals surface area contributed by atoms with Crippen molar-refractivity contribution in [3.63, 3.8) is 0 Å². The number of ether oxygens (including phenoxy) is 1. The Balaban J connectivity index is 1.81. The van der Waals surface area contributed by atoms with Crippen molar-refractivity contribution in [1.29, 1.82) is 0 Å². The van der Waals surface area contributed by atoms with Gasteiger partial charge >= 0.3 is 6.18 Å². The second kappa shape index (κ2) is 8.79. The summed E-state index contributed by atoms with van der Waals surface area (Å²) in [5.74, 6) is -0.976. The van der Waals surface area contributed by atoms with E-state index in [9.17, 15) is 18.0 Å². The van der Waals surface area contributed by atoms with Crippen molar-refractivity contribution in [2.75, 3.05) is 0 Å². The predicted octanol–water partition coefficient (Wildman–Crippen LogP) is 4.92. The molecule has 0 aromatic heterocycles. The third-order valence-corrected chi connectivity index (χ3v) is 4.36. The highest BCUT2D eigenvalue weighted by Crippen LogP contribution is 2.30. The average Bonchev–Trinajstić information content (AvgIpc) is 2.73. The molecular formula is C22H18F3NO3. The number of halogens is 3. The minimum Gasteiger partial charge on any atom is -0.489 e. The van der Waals surface area contributed by atoms with Crippen LogP contribution < -0.4 is 10.2 Å². The Bertz CT molecular complexity index is 974. The zero-order chi connectivity index (χ0) is 20.9. The van der Waals surface area contributed by atoms with Gasteiger partial charge in [-0.15, -0.1) is 0 Å². The Morgan fingerprint density at radius 2 is 1.62 bits per heavy atom. The lowest BCUT2D eigenvalue weighted by molar-refractivity contribution is -0.137. The lowest BCUT2D eigenvalue weighted by atomic mass is 9.90. The number of carbonyl (C=O) groups is 1. The van der Waals surface area contributed by atoms with E-state index in [1.165, 1.54) is 6.07 Å². The molecule has 0 spiro atoms. The average molecular weight is 401 g/mol. The van der Waals surface area contributed by atoms with Gasteiger partial charge in [0.15, 0.2) is 0 Å². The number of benzene rings is 3. The summed E-state index contributed by atoms with van der Waals surface area (Å²) >= 11 is 0. The highest BCUT2D eigenvalue weighted by atomic mass is 19.4. The van der Waals surface area contributed by atoms with Crippen LogP contribution in [0.2, 0.25) is 0 Å². The van der Waals surface area contributed by atoms with E-state index >= 15 is 0 Å². The highest BCUT2D eigenvalue weighted by Gasteiger charge is 2.30. The number of hydrogen-bond acceptors (Lipinski definition) is 3. The Kier molecular flexibility index (Phi) is 6.19. The molecule has 0 saturated carbocycles. The minimum absolute atomic E-state index is 0.0599. The molecule has 29 heavy (non-hydrogen) atoms. The normalized spacial score (nSPS) is 12.3. The number of alkyl halides is 3. The Morgan fingerprint density at radius 1 is 0.931 bits per heavy atom. The Hall–Kier alpha value is -3.32. The quantitative estimate of drug-likeness (QED) is 0.455. The molecule has 1 amide bonds. The van der Waals surface area contributed by atoms with Crippen LogP contribution in [-0.2, 0) is 17.6 Å². The van der Waals surface area contributed by atoms with E-state index < -0.39 is 23.6 Å². The summed E-state index contributed by atoms with van der Waals surface area (Å²) in [4.78, 5) is 12.2. The van der Waals surface area contributed by atoms with Gasteiger partial charge in [-0.2, -0.15) is 13.2 Å². The van der Waals surface area contributed by atoms with Gasteiger partial charge in [-0.3, -0.25) is 10.0 Å². The van der Waals surface area contributed by atoms with Gasteiger partial charge in [0.2, 0.25) is 0 Å². The summed E-state index contributed by atoms with van der Waals surface area (Å²) in [7, 11) is 0. The fourth-order valence-corrected chi connectivity index (χ4v) is 2.99. The second-order valence-electron chi connectivity index (χ2n) is 6.38. The van der Waals surface area contributed by atoms with Crippen molar-refractivity contribution in [3.05, 3.63) is 101 Å². The zero-order valence-electron chi connectivity index (χ0n) is 15.2. The molecule has 0 fully saturated rings. The first-order valence-corrected chi connectivity index (χ1v) is 8.76. The first kappa shape index (κ1) is 20.4. The van der Waals surface area contributed by atoms with Crippen molar-refractivity contribution in [3.8, 4) is 5.75 Å². The van der Waals surface area contributed by atoms with E-state index in [-0.39, 0.29) is 6.61 Å². The third-order valence-electron chi connectivity index (χ3n) is 4.36. The summed E-state index contributed by atoms with van der Waals surface area (Å²) in [6, 6.07) is 20.5. The molecule has 0 saturated heterocycles. The summed E-state index contributed by atoms with van der Waals surface area (Å²) in [5, 5.41) is 9.12. The van der Waals surface area contributed by atoms with E-state index in [1.807, 2.05) is 6.07 Å². The van der Waals surface area contributed by atoms with E-state index in [2.05, 4.69) is 0 Å². The molecule has 3 aromatic rings. The SMILES string of the molecule is O=C(NO)C(c1ccccc1)c1cccc(OCc2cccc(C(F)(F)F)c2)c1. The summed E-state index contributed by atoms with van der Waals surface area (Å²) in [6.07, 6.45) is -4.42. The van der Waals surface area contributed by atoms with Crippen molar-refractivity contribution in [1.82, 2.24) is 5.48 Å². The first-order chi connectivity index (χ1) is 13.9. The molecule has 0 aliphatic carbocycles. The zero-order valence-corrected chi connectivity index (χ0v) is 15.2. The number of amides is 1. The molecule has 0 bridgehead atoms. The van der Waals surface area contributed by atoms with E-state index in [0.717, 1.165) is 12.1 Å². The van der Waals surface area contributed by atoms with Crippen molar-refractivity contribution < 1.29 is 27.9 Å². The fourth-order valence-electron chi connectivity index (χ4n) is 2.99. The van der Waals surface area contributed by atoms with Gasteiger partial charge < -0.3 is 4.74 Å². The molecule has 7 heteroatoms. The van der Waals surface area contributed by atoms with Gasteiger partial charge in [0, 0.05) is 0 Å². The molecule has 0 aliphatic heterocycles. The van der Waals surface area contributed by atoms with Gasteiger partial charge in [-0.05, 0) is 41.0 Å². The van der Waals surface area contributed by atoms with Gasteiger partial charge in [0.25, 0.3) is 5.91 Å². The molecule has 1 atom stereocenters. The van der Waals surface area contributed by atoms with E-state index in [0.29, 0.717) is 22.4 Å². The molecule has 4 nitrogen and oxygen atoms in total. The van der Waals surface area contributed by atoms with Gasteiger partial charge in [0.1, 0.15) is 12.4 Å². The van der Waals surface area contributed by atoms with Crippen molar-refractivity contribution in [2.45, 2.75) is 18.7 Å². The number of carbonyl (C=O) groups excluding carboxylic acids is 1. The molecule has 0 aliphatic rings. The van der Waals surface area contributed by atoms with Crippen LogP contribution in [0, 0.1) is 0 Å². The highest BCUT2D eigenvalue weighted by molar-refractivity contribution is 5.86. The maximum absolute atomic E-state index is 12.8. The lowest BCUT2D eigenvalue weighted by Gasteiger charge is -2.17. The number of nitrogens with one attached hydrogen (secondary N) is 1. The predicted molar refractivity (Wildman–Crippen MR) is 100 cm³/mol. The monoisotopic (exact) mass is 401 g/mol. The number of hydroxylamine groups is 1. The number of rotatable bonds is 6. The molecule has 1 unspecified atom stereocenters. The van der Waals surface area contributed by atoms with Gasteiger partial charge in [0.05, 0.1) is 11.5 Å². The van der Waals surface area contributed by atoms with E-state index in [1.54, 1.807) is 60.1 Å². The van der Waals surface area contributed by atoms with Crippen LogP contribution in [0.15, 0.2) is 78.9 Å².